The fourth-order valence-electron chi connectivity index (χ4n) is 1.77. The summed E-state index contributed by atoms with van der Waals surface area (Å²) in [4.78, 5) is 11.9. The Morgan fingerprint density at radius 3 is 2.65 bits per heavy atom. The Balaban J connectivity index is 3.21. The molecule has 1 heterocycles. The van der Waals surface area contributed by atoms with Crippen LogP contribution in [0, 0.1) is 13.8 Å². The predicted octanol–water partition coefficient (Wildman–Crippen LogP) is 3.15. The molecule has 0 atom stereocenters. The SMILES string of the molecule is CCC/C=C/C(C(=O)OCC)=C(/O)n1nc(C)cc1C. The fourth-order valence-corrected chi connectivity index (χ4v) is 1.77. The molecule has 0 aromatic carbocycles. The second-order valence-corrected chi connectivity index (χ2v) is 4.49. The van der Waals surface area contributed by atoms with Gasteiger partial charge in [0.05, 0.1) is 12.3 Å². The van der Waals surface area contributed by atoms with Crippen LogP contribution in [0.5, 0.6) is 0 Å². The Kier molecular flexibility index (Phi) is 6.03. The van der Waals surface area contributed by atoms with Crippen LogP contribution in [0.15, 0.2) is 23.8 Å². The lowest BCUT2D eigenvalue weighted by Gasteiger charge is -2.08. The molecule has 1 aromatic rings. The molecule has 0 saturated carbocycles. The molecule has 1 N–H and O–H groups in total. The highest BCUT2D eigenvalue weighted by atomic mass is 16.5. The van der Waals surface area contributed by atoms with Crippen molar-refractivity contribution in [1.82, 2.24) is 9.78 Å². The van der Waals surface area contributed by atoms with Crippen molar-refractivity contribution in [3.05, 3.63) is 35.2 Å². The summed E-state index contributed by atoms with van der Waals surface area (Å²) in [7, 11) is 0. The number of hydrogen-bond acceptors (Lipinski definition) is 4. The molecule has 0 amide bonds. The van der Waals surface area contributed by atoms with Gasteiger partial charge >= 0.3 is 5.97 Å². The Bertz CT molecular complexity index is 527. The fraction of sp³-hybridized carbons (Fsp3) is 0.467. The smallest absolute Gasteiger partial charge is 0.343 e. The molecule has 0 radical (unpaired) electrons. The van der Waals surface area contributed by atoms with Crippen LogP contribution in [0.3, 0.4) is 0 Å². The normalized spacial score (nSPS) is 12.6. The number of rotatable bonds is 6. The van der Waals surface area contributed by atoms with Crippen LogP contribution in [0.1, 0.15) is 38.1 Å². The zero-order valence-corrected chi connectivity index (χ0v) is 12.5. The number of esters is 1. The molecular formula is C15H22N2O3. The summed E-state index contributed by atoms with van der Waals surface area (Å²) in [6.45, 7) is 7.67. The van der Waals surface area contributed by atoms with Crippen molar-refractivity contribution in [1.29, 1.82) is 0 Å². The van der Waals surface area contributed by atoms with E-state index in [4.69, 9.17) is 4.74 Å². The average molecular weight is 278 g/mol. The van der Waals surface area contributed by atoms with Crippen LogP contribution in [0.2, 0.25) is 0 Å². The van der Waals surface area contributed by atoms with E-state index in [-0.39, 0.29) is 18.1 Å². The van der Waals surface area contributed by atoms with Gasteiger partial charge in [0.1, 0.15) is 5.57 Å². The molecule has 20 heavy (non-hydrogen) atoms. The van der Waals surface area contributed by atoms with Gasteiger partial charge in [0.2, 0.25) is 5.88 Å². The van der Waals surface area contributed by atoms with Gasteiger partial charge in [-0.1, -0.05) is 19.4 Å². The third-order valence-corrected chi connectivity index (χ3v) is 2.69. The summed E-state index contributed by atoms with van der Waals surface area (Å²) < 4.78 is 6.32. The first-order valence-corrected chi connectivity index (χ1v) is 6.81. The number of ether oxygens (including phenoxy) is 1. The van der Waals surface area contributed by atoms with E-state index >= 15 is 0 Å². The standard InChI is InChI=1S/C15H22N2O3/c1-5-7-8-9-13(15(19)20-6-2)14(18)17-12(4)10-11(3)16-17/h8-10,18H,5-7H2,1-4H3/b9-8+,14-13-. The van der Waals surface area contributed by atoms with Gasteiger partial charge in [-0.15, -0.1) is 0 Å². The minimum absolute atomic E-state index is 0.117. The highest BCUT2D eigenvalue weighted by Gasteiger charge is 2.17. The van der Waals surface area contributed by atoms with Crippen LogP contribution >= 0.6 is 0 Å². The van der Waals surface area contributed by atoms with Crippen molar-refractivity contribution >= 4 is 11.9 Å². The molecule has 0 aliphatic carbocycles. The molecule has 0 aliphatic rings. The minimum Gasteiger partial charge on any atom is -0.493 e. The van der Waals surface area contributed by atoms with E-state index < -0.39 is 5.97 Å². The number of aromatic nitrogens is 2. The zero-order valence-electron chi connectivity index (χ0n) is 12.5. The number of unbranched alkanes of at least 4 members (excludes halogenated alkanes) is 1. The molecule has 0 spiro atoms. The second kappa shape index (κ2) is 7.53. The number of aliphatic hydroxyl groups excluding tert-OH is 1. The molecule has 110 valence electrons. The first kappa shape index (κ1) is 16.0. The Labute approximate surface area is 119 Å². The van der Waals surface area contributed by atoms with Crippen molar-refractivity contribution in [2.24, 2.45) is 0 Å². The molecule has 5 heteroatoms. The number of aryl methyl sites for hydroxylation is 2. The highest BCUT2D eigenvalue weighted by Crippen LogP contribution is 2.15. The van der Waals surface area contributed by atoms with E-state index in [1.54, 1.807) is 13.0 Å². The lowest BCUT2D eigenvalue weighted by Crippen LogP contribution is -2.12. The summed E-state index contributed by atoms with van der Waals surface area (Å²) in [5, 5.41) is 14.5. The van der Waals surface area contributed by atoms with Crippen LogP contribution in [-0.4, -0.2) is 27.5 Å². The van der Waals surface area contributed by atoms with E-state index in [9.17, 15) is 9.90 Å². The van der Waals surface area contributed by atoms with Crippen LogP contribution in [0.25, 0.3) is 5.88 Å². The number of carbonyl (C=O) groups excluding carboxylic acids is 1. The molecule has 1 rings (SSSR count). The maximum absolute atomic E-state index is 11.9. The number of allylic oxidation sites excluding steroid dienone is 1. The monoisotopic (exact) mass is 278 g/mol. The molecule has 5 nitrogen and oxygen atoms in total. The Morgan fingerprint density at radius 1 is 1.45 bits per heavy atom. The lowest BCUT2D eigenvalue weighted by molar-refractivity contribution is -0.138. The maximum Gasteiger partial charge on any atom is 0.343 e. The summed E-state index contributed by atoms with van der Waals surface area (Å²) in [5.41, 5.74) is 1.65. The van der Waals surface area contributed by atoms with Crippen molar-refractivity contribution in [2.75, 3.05) is 6.61 Å². The van der Waals surface area contributed by atoms with Crippen molar-refractivity contribution in [2.45, 2.75) is 40.5 Å². The number of aliphatic hydroxyl groups is 1. The minimum atomic E-state index is -0.551. The second-order valence-electron chi connectivity index (χ2n) is 4.49. The molecular weight excluding hydrogens is 256 g/mol. The quantitative estimate of drug-likeness (QED) is 0.376. The van der Waals surface area contributed by atoms with Gasteiger partial charge in [0.15, 0.2) is 0 Å². The Morgan fingerprint density at radius 2 is 2.15 bits per heavy atom. The first-order chi connectivity index (χ1) is 9.51. The van der Waals surface area contributed by atoms with Gasteiger partial charge in [-0.3, -0.25) is 0 Å². The summed E-state index contributed by atoms with van der Waals surface area (Å²) >= 11 is 0. The first-order valence-electron chi connectivity index (χ1n) is 6.81. The molecule has 0 saturated heterocycles. The van der Waals surface area contributed by atoms with Gasteiger partial charge in [-0.2, -0.15) is 5.10 Å². The van der Waals surface area contributed by atoms with Gasteiger partial charge in [0, 0.05) is 5.69 Å². The molecule has 1 aromatic heterocycles. The van der Waals surface area contributed by atoms with Crippen LogP contribution in [0.4, 0.5) is 0 Å². The third kappa shape index (κ3) is 3.98. The van der Waals surface area contributed by atoms with Crippen molar-refractivity contribution in [3.63, 3.8) is 0 Å². The van der Waals surface area contributed by atoms with E-state index in [2.05, 4.69) is 5.10 Å². The van der Waals surface area contributed by atoms with E-state index in [0.29, 0.717) is 0 Å². The van der Waals surface area contributed by atoms with Crippen LogP contribution in [-0.2, 0) is 9.53 Å². The molecule has 0 unspecified atom stereocenters. The highest BCUT2D eigenvalue weighted by molar-refractivity contribution is 5.96. The summed E-state index contributed by atoms with van der Waals surface area (Å²) in [6, 6.07) is 1.83. The number of carbonyl (C=O) groups is 1. The van der Waals surface area contributed by atoms with Gasteiger partial charge in [-0.05, 0) is 39.3 Å². The third-order valence-electron chi connectivity index (χ3n) is 2.69. The molecule has 0 bridgehead atoms. The Hall–Kier alpha value is -2.04. The number of hydrogen-bond donors (Lipinski definition) is 1. The predicted molar refractivity (Wildman–Crippen MR) is 78.2 cm³/mol. The summed E-state index contributed by atoms with van der Waals surface area (Å²) in [6.07, 6.45) is 5.22. The van der Waals surface area contributed by atoms with Gasteiger partial charge in [-0.25, -0.2) is 9.48 Å². The van der Waals surface area contributed by atoms with E-state index in [1.165, 1.54) is 4.68 Å². The average Bonchev–Trinajstić information content (AvgIpc) is 2.73. The summed E-state index contributed by atoms with van der Waals surface area (Å²) in [5.74, 6) is -0.758. The van der Waals surface area contributed by atoms with E-state index in [0.717, 1.165) is 24.2 Å². The van der Waals surface area contributed by atoms with E-state index in [1.807, 2.05) is 32.9 Å². The van der Waals surface area contributed by atoms with Crippen LogP contribution < -0.4 is 0 Å². The maximum atomic E-state index is 11.9. The lowest BCUT2D eigenvalue weighted by atomic mass is 10.2. The largest absolute Gasteiger partial charge is 0.493 e. The van der Waals surface area contributed by atoms with Gasteiger partial charge < -0.3 is 9.84 Å². The van der Waals surface area contributed by atoms with Gasteiger partial charge in [0.25, 0.3) is 0 Å². The topological polar surface area (TPSA) is 64.3 Å². The molecule has 0 fully saturated rings. The molecule has 0 aliphatic heterocycles. The van der Waals surface area contributed by atoms with Crippen molar-refractivity contribution < 1.29 is 14.6 Å². The zero-order chi connectivity index (χ0) is 15.1. The van der Waals surface area contributed by atoms with Crippen molar-refractivity contribution in [3.8, 4) is 0 Å². The number of nitrogens with zero attached hydrogens (tertiary/aromatic N) is 2.